The fraction of sp³-hybridized carbons (Fsp3) is 0.667. The lowest BCUT2D eigenvalue weighted by molar-refractivity contribution is -0.141. The van der Waals surface area contributed by atoms with Gasteiger partial charge in [0.1, 0.15) is 6.61 Å². The summed E-state index contributed by atoms with van der Waals surface area (Å²) in [4.78, 5) is 10.3. The zero-order valence-electron chi connectivity index (χ0n) is 7.64. The van der Waals surface area contributed by atoms with E-state index in [-0.39, 0.29) is 5.97 Å². The molecular formula is C9H13IO3. The van der Waals surface area contributed by atoms with Crippen LogP contribution in [0.4, 0.5) is 0 Å². The van der Waals surface area contributed by atoms with Crippen LogP contribution in [0.3, 0.4) is 0 Å². The van der Waals surface area contributed by atoms with Crippen molar-refractivity contribution in [3.63, 3.8) is 0 Å². The summed E-state index contributed by atoms with van der Waals surface area (Å²) in [5.74, 6) is 2.56. The third-order valence-electron chi connectivity index (χ3n) is 1.23. The zero-order valence-corrected chi connectivity index (χ0v) is 9.80. The molecule has 0 atom stereocenters. The van der Waals surface area contributed by atoms with Crippen molar-refractivity contribution in [1.82, 2.24) is 0 Å². The van der Waals surface area contributed by atoms with E-state index in [1.165, 1.54) is 6.92 Å². The second kappa shape index (κ2) is 9.81. The summed E-state index contributed by atoms with van der Waals surface area (Å²) >= 11 is 1.97. The molecule has 0 radical (unpaired) electrons. The van der Waals surface area contributed by atoms with Crippen LogP contribution in [0, 0.1) is 9.85 Å². The van der Waals surface area contributed by atoms with Gasteiger partial charge >= 0.3 is 5.97 Å². The van der Waals surface area contributed by atoms with Gasteiger partial charge in [-0.3, -0.25) is 4.79 Å². The van der Waals surface area contributed by atoms with Gasteiger partial charge < -0.3 is 9.47 Å². The number of esters is 1. The lowest BCUT2D eigenvalue weighted by atomic mass is 10.3. The van der Waals surface area contributed by atoms with Crippen LogP contribution in [0.2, 0.25) is 0 Å². The summed E-state index contributed by atoms with van der Waals surface area (Å²) in [6.07, 6.45) is 1.74. The predicted octanol–water partition coefficient (Wildman–Crippen LogP) is 1.74. The first-order chi connectivity index (χ1) is 6.27. The minimum Gasteiger partial charge on any atom is -0.466 e. The molecule has 74 valence electrons. The fourth-order valence-electron chi connectivity index (χ4n) is 0.673. The van der Waals surface area contributed by atoms with Gasteiger partial charge in [-0.25, -0.2) is 0 Å². The smallest absolute Gasteiger partial charge is 0.302 e. The first kappa shape index (κ1) is 12.7. The Bertz CT molecular complexity index is 193. The van der Waals surface area contributed by atoms with Crippen LogP contribution < -0.4 is 0 Å². The summed E-state index contributed by atoms with van der Waals surface area (Å²) in [5.41, 5.74) is 0. The molecule has 0 N–H and O–H groups in total. The molecule has 13 heavy (non-hydrogen) atoms. The van der Waals surface area contributed by atoms with E-state index < -0.39 is 0 Å². The van der Waals surface area contributed by atoms with Gasteiger partial charge in [0.05, 0.1) is 6.61 Å². The highest BCUT2D eigenvalue weighted by Gasteiger charge is 1.92. The maximum Gasteiger partial charge on any atom is 0.302 e. The summed E-state index contributed by atoms with van der Waals surface area (Å²) < 4.78 is 12.6. The second-order valence-corrected chi connectivity index (χ2v) is 2.91. The summed E-state index contributed by atoms with van der Waals surface area (Å²) in [6.45, 7) is 3.05. The molecule has 0 saturated carbocycles. The van der Waals surface area contributed by atoms with E-state index in [1.807, 2.05) is 22.6 Å². The monoisotopic (exact) mass is 296 g/mol. The molecule has 3 nitrogen and oxygen atoms in total. The Kier molecular flexibility index (Phi) is 9.59. The highest BCUT2D eigenvalue weighted by molar-refractivity contribution is 14.1. The molecule has 0 aromatic rings. The first-order valence-electron chi connectivity index (χ1n) is 4.07. The molecular weight excluding hydrogens is 283 g/mol. The van der Waals surface area contributed by atoms with E-state index in [4.69, 9.17) is 9.47 Å². The Balaban J connectivity index is 2.98. The van der Waals surface area contributed by atoms with Gasteiger partial charge in [-0.2, -0.15) is 0 Å². The topological polar surface area (TPSA) is 35.5 Å². The quantitative estimate of drug-likeness (QED) is 0.324. The van der Waals surface area contributed by atoms with Crippen LogP contribution in [0.1, 0.15) is 19.8 Å². The van der Waals surface area contributed by atoms with Crippen molar-refractivity contribution in [2.45, 2.75) is 19.8 Å². The Morgan fingerprint density at radius 1 is 1.38 bits per heavy atom. The average Bonchev–Trinajstić information content (AvgIpc) is 2.09. The third kappa shape index (κ3) is 11.7. The van der Waals surface area contributed by atoms with Gasteiger partial charge in [0.2, 0.25) is 0 Å². The van der Waals surface area contributed by atoms with E-state index in [0.717, 1.165) is 12.8 Å². The van der Waals surface area contributed by atoms with Crippen LogP contribution in [0.25, 0.3) is 0 Å². The minimum absolute atomic E-state index is 0.225. The van der Waals surface area contributed by atoms with Crippen LogP contribution in [0.15, 0.2) is 0 Å². The van der Waals surface area contributed by atoms with E-state index in [1.54, 1.807) is 0 Å². The molecule has 4 heteroatoms. The molecule has 0 fully saturated rings. The number of hydrogen-bond acceptors (Lipinski definition) is 3. The van der Waals surface area contributed by atoms with Gasteiger partial charge in [-0.1, -0.05) is 5.92 Å². The molecule has 0 aliphatic rings. The van der Waals surface area contributed by atoms with Gasteiger partial charge in [0.25, 0.3) is 0 Å². The second-order valence-electron chi connectivity index (χ2n) is 2.37. The van der Waals surface area contributed by atoms with Gasteiger partial charge in [-0.05, 0) is 16.8 Å². The molecule has 0 aliphatic heterocycles. The van der Waals surface area contributed by atoms with Crippen LogP contribution in [-0.4, -0.2) is 25.8 Å². The Labute approximate surface area is 92.3 Å². The SMILES string of the molecule is CC(=O)OCCCCOCC#CI. The fourth-order valence-corrected chi connectivity index (χ4v) is 0.828. The largest absolute Gasteiger partial charge is 0.466 e. The average molecular weight is 296 g/mol. The molecule has 0 bridgehead atoms. The standard InChI is InChI=1S/C9H13IO3/c1-9(11)13-8-3-2-6-12-7-4-5-10/h2-3,6-8H2,1H3. The Morgan fingerprint density at radius 3 is 2.69 bits per heavy atom. The van der Waals surface area contributed by atoms with Gasteiger partial charge in [0.15, 0.2) is 0 Å². The van der Waals surface area contributed by atoms with Crippen molar-refractivity contribution < 1.29 is 14.3 Å². The number of halogens is 1. The summed E-state index contributed by atoms with van der Waals surface area (Å²) in [6, 6.07) is 0. The maximum absolute atomic E-state index is 10.3. The van der Waals surface area contributed by atoms with Crippen molar-refractivity contribution in [2.75, 3.05) is 19.8 Å². The molecule has 0 rings (SSSR count). The van der Waals surface area contributed by atoms with E-state index >= 15 is 0 Å². The molecule has 0 unspecified atom stereocenters. The Morgan fingerprint density at radius 2 is 2.08 bits per heavy atom. The highest BCUT2D eigenvalue weighted by Crippen LogP contribution is 1.91. The Hall–Kier alpha value is -0.280. The highest BCUT2D eigenvalue weighted by atomic mass is 127. The number of carbonyl (C=O) groups excluding carboxylic acids is 1. The molecule has 0 aromatic heterocycles. The molecule has 0 amide bonds. The lowest BCUT2D eigenvalue weighted by Gasteiger charge is -2.01. The van der Waals surface area contributed by atoms with E-state index in [0.29, 0.717) is 19.8 Å². The van der Waals surface area contributed by atoms with Gasteiger partial charge in [0, 0.05) is 36.1 Å². The van der Waals surface area contributed by atoms with Crippen LogP contribution in [0.5, 0.6) is 0 Å². The predicted molar refractivity (Wildman–Crippen MR) is 58.5 cm³/mol. The zero-order chi connectivity index (χ0) is 9.94. The van der Waals surface area contributed by atoms with E-state index in [2.05, 4.69) is 9.85 Å². The number of ether oxygens (including phenoxy) is 2. The normalized spacial score (nSPS) is 8.77. The van der Waals surface area contributed by atoms with Crippen molar-refractivity contribution in [3.05, 3.63) is 0 Å². The van der Waals surface area contributed by atoms with Gasteiger partial charge in [-0.15, -0.1) is 0 Å². The minimum atomic E-state index is -0.225. The summed E-state index contributed by atoms with van der Waals surface area (Å²) in [7, 11) is 0. The first-order valence-corrected chi connectivity index (χ1v) is 5.15. The summed E-state index contributed by atoms with van der Waals surface area (Å²) in [5, 5.41) is 0. The maximum atomic E-state index is 10.3. The third-order valence-corrected chi connectivity index (χ3v) is 1.61. The molecule has 0 saturated heterocycles. The van der Waals surface area contributed by atoms with Crippen molar-refractivity contribution in [2.24, 2.45) is 0 Å². The number of unbranched alkanes of at least 4 members (excludes halogenated alkanes) is 1. The van der Waals surface area contributed by atoms with Crippen molar-refractivity contribution in [3.8, 4) is 9.85 Å². The number of carbonyl (C=O) groups is 1. The van der Waals surface area contributed by atoms with Crippen molar-refractivity contribution in [1.29, 1.82) is 0 Å². The molecule has 0 aliphatic carbocycles. The number of hydrogen-bond donors (Lipinski definition) is 0. The molecule has 0 heterocycles. The lowest BCUT2D eigenvalue weighted by Crippen LogP contribution is -2.02. The molecule has 0 aromatic carbocycles. The van der Waals surface area contributed by atoms with E-state index in [9.17, 15) is 4.79 Å². The van der Waals surface area contributed by atoms with Crippen molar-refractivity contribution >= 4 is 28.6 Å². The van der Waals surface area contributed by atoms with Crippen LogP contribution >= 0.6 is 22.6 Å². The molecule has 0 spiro atoms. The van der Waals surface area contributed by atoms with Crippen LogP contribution in [-0.2, 0) is 14.3 Å². The number of rotatable bonds is 6.